The molecule has 1 aliphatic heterocycles. The Hall–Kier alpha value is -2.45. The molecule has 0 fully saturated rings. The summed E-state index contributed by atoms with van der Waals surface area (Å²) in [4.78, 5) is 13.5. The molecule has 2 aromatic rings. The van der Waals surface area contributed by atoms with Crippen LogP contribution in [0.3, 0.4) is 0 Å². The van der Waals surface area contributed by atoms with Crippen LogP contribution in [0.5, 0.6) is 5.75 Å². The van der Waals surface area contributed by atoms with E-state index in [1.54, 1.807) is 11.8 Å². The second kappa shape index (κ2) is 7.41. The summed E-state index contributed by atoms with van der Waals surface area (Å²) in [6.07, 6.45) is 0.0847. The van der Waals surface area contributed by atoms with Crippen molar-refractivity contribution >= 4 is 23.4 Å². The zero-order valence-corrected chi connectivity index (χ0v) is 14.2. The lowest BCUT2D eigenvalue weighted by atomic mass is 10.1. The van der Waals surface area contributed by atoms with Crippen molar-refractivity contribution in [3.63, 3.8) is 0 Å². The molecule has 3 rings (SSSR count). The molecule has 1 N–H and O–H groups in total. The normalized spacial score (nSPS) is 16.6. The number of amides is 1. The Morgan fingerprint density at radius 2 is 2.08 bits per heavy atom. The van der Waals surface area contributed by atoms with Crippen molar-refractivity contribution in [3.8, 4) is 11.8 Å². The van der Waals surface area contributed by atoms with E-state index in [0.29, 0.717) is 12.2 Å². The first-order valence-corrected chi connectivity index (χ1v) is 8.83. The van der Waals surface area contributed by atoms with Crippen molar-refractivity contribution in [1.29, 1.82) is 5.26 Å². The molecule has 0 saturated carbocycles. The molecule has 2 unspecified atom stereocenters. The number of nitriles is 1. The van der Waals surface area contributed by atoms with Crippen LogP contribution in [-0.2, 0) is 11.2 Å². The van der Waals surface area contributed by atoms with E-state index >= 15 is 0 Å². The summed E-state index contributed by atoms with van der Waals surface area (Å²) in [6, 6.07) is 17.6. The van der Waals surface area contributed by atoms with E-state index in [1.807, 2.05) is 55.5 Å². The van der Waals surface area contributed by atoms with Gasteiger partial charge in [-0.1, -0.05) is 30.3 Å². The van der Waals surface area contributed by atoms with Gasteiger partial charge in [0.25, 0.3) is 5.91 Å². The zero-order chi connectivity index (χ0) is 16.9. The van der Waals surface area contributed by atoms with Crippen LogP contribution in [-0.4, -0.2) is 17.8 Å². The molecule has 0 radical (unpaired) electrons. The molecule has 0 aliphatic carbocycles. The van der Waals surface area contributed by atoms with Crippen molar-refractivity contribution in [2.75, 3.05) is 11.1 Å². The maximum atomic E-state index is 12.5. The number of ether oxygens (including phenoxy) is 1. The molecule has 2 atom stereocenters. The van der Waals surface area contributed by atoms with Gasteiger partial charge >= 0.3 is 0 Å². The minimum Gasteiger partial charge on any atom is -0.480 e. The second-order valence-electron chi connectivity index (χ2n) is 5.74. The molecule has 0 saturated heterocycles. The highest BCUT2D eigenvalue weighted by molar-refractivity contribution is 7.99. The van der Waals surface area contributed by atoms with Crippen LogP contribution in [0.2, 0.25) is 0 Å². The highest BCUT2D eigenvalue weighted by Gasteiger charge is 2.29. The lowest BCUT2D eigenvalue weighted by Crippen LogP contribution is -2.31. The van der Waals surface area contributed by atoms with Crippen LogP contribution in [0.1, 0.15) is 12.5 Å². The van der Waals surface area contributed by atoms with Crippen molar-refractivity contribution < 1.29 is 9.53 Å². The summed E-state index contributed by atoms with van der Waals surface area (Å²) in [5.74, 6) is 1.29. The Labute approximate surface area is 145 Å². The molecule has 24 heavy (non-hydrogen) atoms. The van der Waals surface area contributed by atoms with Crippen molar-refractivity contribution in [1.82, 2.24) is 0 Å². The third-order valence-corrected chi connectivity index (χ3v) is 5.13. The van der Waals surface area contributed by atoms with Crippen molar-refractivity contribution in [2.24, 2.45) is 5.92 Å². The summed E-state index contributed by atoms with van der Waals surface area (Å²) in [5, 5.41) is 11.9. The van der Waals surface area contributed by atoms with Gasteiger partial charge in [0.1, 0.15) is 5.75 Å². The third kappa shape index (κ3) is 3.72. The number of thioether (sulfide) groups is 1. The number of hydrogen-bond donors (Lipinski definition) is 1. The van der Waals surface area contributed by atoms with Gasteiger partial charge in [0.2, 0.25) is 0 Å². The molecule has 1 aliphatic rings. The topological polar surface area (TPSA) is 62.1 Å². The predicted octanol–water partition coefficient (Wildman–Crippen LogP) is 3.88. The first-order valence-electron chi connectivity index (χ1n) is 7.84. The van der Waals surface area contributed by atoms with Crippen LogP contribution < -0.4 is 10.1 Å². The van der Waals surface area contributed by atoms with E-state index in [2.05, 4.69) is 11.4 Å². The van der Waals surface area contributed by atoms with Crippen molar-refractivity contribution in [2.45, 2.75) is 24.3 Å². The van der Waals surface area contributed by atoms with Gasteiger partial charge in [0, 0.05) is 17.1 Å². The number of nitrogens with one attached hydrogen (secondary N) is 1. The summed E-state index contributed by atoms with van der Waals surface area (Å²) in [6.45, 7) is 1.89. The first-order chi connectivity index (χ1) is 11.7. The maximum absolute atomic E-state index is 12.5. The Bertz CT molecular complexity index is 760. The molecular weight excluding hydrogens is 320 g/mol. The Morgan fingerprint density at radius 1 is 1.33 bits per heavy atom. The van der Waals surface area contributed by atoms with E-state index in [-0.39, 0.29) is 11.8 Å². The molecule has 122 valence electrons. The molecular formula is C19H18N2O2S. The number of fused-ring (bicyclic) bond motifs is 1. The predicted molar refractivity (Wildman–Crippen MR) is 95.1 cm³/mol. The number of rotatable bonds is 5. The summed E-state index contributed by atoms with van der Waals surface area (Å²) in [7, 11) is 0. The minimum absolute atomic E-state index is 0.0357. The van der Waals surface area contributed by atoms with Gasteiger partial charge in [-0.25, -0.2) is 0 Å². The summed E-state index contributed by atoms with van der Waals surface area (Å²) in [5.41, 5.74) is 1.82. The number of nitrogens with zero attached hydrogens (tertiary/aromatic N) is 1. The molecule has 0 aromatic heterocycles. The quantitative estimate of drug-likeness (QED) is 0.841. The van der Waals surface area contributed by atoms with Crippen LogP contribution in [0, 0.1) is 17.2 Å². The number of benzene rings is 2. The standard InChI is InChI=1S/C19H18N2O2S/c1-13(11-20)12-24-18-9-5-3-7-15(18)21-19(22)17-10-14-6-2-4-8-16(14)23-17/h2-9,13,17H,10,12H2,1H3,(H,21,22). The third-order valence-electron chi connectivity index (χ3n) is 3.79. The molecule has 5 heteroatoms. The van der Waals surface area contributed by atoms with E-state index < -0.39 is 6.10 Å². The lowest BCUT2D eigenvalue weighted by molar-refractivity contribution is -0.122. The van der Waals surface area contributed by atoms with E-state index in [0.717, 1.165) is 21.9 Å². The van der Waals surface area contributed by atoms with E-state index in [4.69, 9.17) is 10.00 Å². The highest BCUT2D eigenvalue weighted by Crippen LogP contribution is 2.31. The highest BCUT2D eigenvalue weighted by atomic mass is 32.2. The van der Waals surface area contributed by atoms with Crippen LogP contribution in [0.25, 0.3) is 0 Å². The Kier molecular flexibility index (Phi) is 5.07. The zero-order valence-electron chi connectivity index (χ0n) is 13.4. The van der Waals surface area contributed by atoms with Crippen LogP contribution in [0.15, 0.2) is 53.4 Å². The molecule has 0 spiro atoms. The fourth-order valence-electron chi connectivity index (χ4n) is 2.49. The van der Waals surface area contributed by atoms with Gasteiger partial charge in [-0.3, -0.25) is 4.79 Å². The molecule has 0 bridgehead atoms. The van der Waals surface area contributed by atoms with Crippen molar-refractivity contribution in [3.05, 3.63) is 54.1 Å². The monoisotopic (exact) mass is 338 g/mol. The fourth-order valence-corrected chi connectivity index (χ4v) is 3.44. The van der Waals surface area contributed by atoms with Gasteiger partial charge in [0.05, 0.1) is 17.7 Å². The maximum Gasteiger partial charge on any atom is 0.265 e. The lowest BCUT2D eigenvalue weighted by Gasteiger charge is -2.14. The average molecular weight is 338 g/mol. The van der Waals surface area contributed by atoms with Gasteiger partial charge in [-0.15, -0.1) is 11.8 Å². The first kappa shape index (κ1) is 16.4. The van der Waals surface area contributed by atoms with E-state index in [9.17, 15) is 4.79 Å². The van der Waals surface area contributed by atoms with Gasteiger partial charge in [0.15, 0.2) is 6.10 Å². The number of carbonyl (C=O) groups is 1. The Morgan fingerprint density at radius 3 is 2.88 bits per heavy atom. The minimum atomic E-state index is -0.501. The number of carbonyl (C=O) groups excluding carboxylic acids is 1. The van der Waals surface area contributed by atoms with Crippen LogP contribution in [0.4, 0.5) is 5.69 Å². The largest absolute Gasteiger partial charge is 0.480 e. The SMILES string of the molecule is CC(C#N)CSc1ccccc1NC(=O)C1Cc2ccccc2O1. The molecule has 4 nitrogen and oxygen atoms in total. The average Bonchev–Trinajstić information content (AvgIpc) is 3.05. The van der Waals surface area contributed by atoms with Gasteiger partial charge in [-0.05, 0) is 30.7 Å². The number of hydrogen-bond acceptors (Lipinski definition) is 4. The Balaban J connectivity index is 1.66. The fraction of sp³-hybridized carbons (Fsp3) is 0.263. The number of para-hydroxylation sites is 2. The molecule has 1 heterocycles. The van der Waals surface area contributed by atoms with Crippen LogP contribution >= 0.6 is 11.8 Å². The number of anilines is 1. The van der Waals surface area contributed by atoms with Gasteiger partial charge in [-0.2, -0.15) is 5.26 Å². The van der Waals surface area contributed by atoms with Gasteiger partial charge < -0.3 is 10.1 Å². The summed E-state index contributed by atoms with van der Waals surface area (Å²) >= 11 is 1.57. The second-order valence-corrected chi connectivity index (χ2v) is 6.81. The van der Waals surface area contributed by atoms with E-state index in [1.165, 1.54) is 0 Å². The summed E-state index contributed by atoms with van der Waals surface area (Å²) < 4.78 is 5.73. The molecule has 1 amide bonds. The smallest absolute Gasteiger partial charge is 0.265 e. The molecule has 2 aromatic carbocycles.